The van der Waals surface area contributed by atoms with Crippen LogP contribution in [0.25, 0.3) is 0 Å². The molecule has 0 aromatic heterocycles. The zero-order valence-electron chi connectivity index (χ0n) is 21.5. The monoisotopic (exact) mass is 521 g/mol. The molecule has 194 valence electrons. The maximum atomic E-state index is 13.9. The Morgan fingerprint density at radius 1 is 0.946 bits per heavy atom. The van der Waals surface area contributed by atoms with Gasteiger partial charge in [0.25, 0.3) is 5.91 Å². The van der Waals surface area contributed by atoms with Gasteiger partial charge in [0.1, 0.15) is 5.82 Å². The maximum absolute atomic E-state index is 13.9. The summed E-state index contributed by atoms with van der Waals surface area (Å²) in [5.74, 6) is -0.558. The molecule has 0 bridgehead atoms. The summed E-state index contributed by atoms with van der Waals surface area (Å²) in [6, 6.07) is 20.3. The SMILES string of the molecule is CCC(=O)N(c1ccc(Cl)cc1)[C@H]1C[C@@H](CN(CC)CC)N(C(=O)c2ccc(F)cc2)c2ccccc21. The molecule has 2 atom stereocenters. The number of hydrogen-bond acceptors (Lipinski definition) is 3. The smallest absolute Gasteiger partial charge is 0.258 e. The molecule has 1 heterocycles. The Kier molecular flexibility index (Phi) is 8.62. The summed E-state index contributed by atoms with van der Waals surface area (Å²) in [6.07, 6.45) is 0.912. The van der Waals surface area contributed by atoms with Crippen molar-refractivity contribution in [2.75, 3.05) is 29.4 Å². The second-order valence-corrected chi connectivity index (χ2v) is 9.66. The first-order valence-electron chi connectivity index (χ1n) is 12.9. The highest BCUT2D eigenvalue weighted by Gasteiger charge is 2.40. The minimum absolute atomic E-state index is 0.00188. The standard InChI is InChI=1S/C30H33ClFN3O2/c1-4-29(36)34(24-17-13-22(31)14-18-24)28-19-25(20-33(5-2)6-3)35(27-10-8-7-9-26(27)28)30(37)21-11-15-23(32)16-12-21/h7-18,25,28H,4-6,19-20H2,1-3H3/t25-,28-/m0/s1. The van der Waals surface area contributed by atoms with E-state index >= 15 is 0 Å². The minimum Gasteiger partial charge on any atom is -0.305 e. The zero-order valence-corrected chi connectivity index (χ0v) is 22.3. The molecule has 0 radical (unpaired) electrons. The van der Waals surface area contributed by atoms with Gasteiger partial charge in [0, 0.05) is 34.9 Å². The number of likely N-dealkylation sites (N-methyl/N-ethyl adjacent to an activating group) is 1. The number of benzene rings is 3. The fourth-order valence-corrected chi connectivity index (χ4v) is 5.26. The Bertz CT molecular complexity index is 1230. The molecule has 0 spiro atoms. The lowest BCUT2D eigenvalue weighted by Gasteiger charge is -2.46. The van der Waals surface area contributed by atoms with Crippen molar-refractivity contribution in [2.45, 2.75) is 45.7 Å². The van der Waals surface area contributed by atoms with Crippen molar-refractivity contribution in [2.24, 2.45) is 0 Å². The van der Waals surface area contributed by atoms with Gasteiger partial charge < -0.3 is 14.7 Å². The van der Waals surface area contributed by atoms with E-state index < -0.39 is 0 Å². The summed E-state index contributed by atoms with van der Waals surface area (Å²) in [6.45, 7) is 8.39. The molecule has 0 N–H and O–H groups in total. The van der Waals surface area contributed by atoms with Crippen molar-refractivity contribution < 1.29 is 14.0 Å². The number of fused-ring (bicyclic) bond motifs is 1. The van der Waals surface area contributed by atoms with Gasteiger partial charge in [-0.2, -0.15) is 0 Å². The van der Waals surface area contributed by atoms with E-state index in [1.807, 2.05) is 53.1 Å². The summed E-state index contributed by atoms with van der Waals surface area (Å²) in [7, 11) is 0. The highest BCUT2D eigenvalue weighted by molar-refractivity contribution is 6.30. The third-order valence-corrected chi connectivity index (χ3v) is 7.33. The first-order chi connectivity index (χ1) is 17.9. The summed E-state index contributed by atoms with van der Waals surface area (Å²) < 4.78 is 13.6. The molecule has 4 rings (SSSR count). The van der Waals surface area contributed by atoms with E-state index in [9.17, 15) is 14.0 Å². The number of rotatable bonds is 8. The molecule has 3 aromatic rings. The predicted molar refractivity (Wildman–Crippen MR) is 148 cm³/mol. The van der Waals surface area contributed by atoms with Crippen molar-refractivity contribution in [3.05, 3.63) is 94.8 Å². The Balaban J connectivity index is 1.85. The second-order valence-electron chi connectivity index (χ2n) is 9.23. The molecule has 3 aromatic carbocycles. The van der Waals surface area contributed by atoms with E-state index in [-0.39, 0.29) is 29.7 Å². The van der Waals surface area contributed by atoms with Crippen LogP contribution in [0.1, 0.15) is 55.6 Å². The number of anilines is 2. The highest BCUT2D eigenvalue weighted by atomic mass is 35.5. The molecule has 0 unspecified atom stereocenters. The van der Waals surface area contributed by atoms with Gasteiger partial charge in [-0.1, -0.05) is 50.6 Å². The van der Waals surface area contributed by atoms with Crippen LogP contribution in [0.15, 0.2) is 72.8 Å². The molecule has 0 saturated carbocycles. The van der Waals surface area contributed by atoms with Crippen molar-refractivity contribution in [1.82, 2.24) is 4.90 Å². The van der Waals surface area contributed by atoms with Gasteiger partial charge >= 0.3 is 0 Å². The van der Waals surface area contributed by atoms with Gasteiger partial charge in [0.2, 0.25) is 5.91 Å². The lowest BCUT2D eigenvalue weighted by molar-refractivity contribution is -0.118. The van der Waals surface area contributed by atoms with Gasteiger partial charge in [0.05, 0.1) is 12.1 Å². The number of nitrogens with zero attached hydrogens (tertiary/aromatic N) is 3. The van der Waals surface area contributed by atoms with E-state index in [0.717, 1.165) is 30.0 Å². The fraction of sp³-hybridized carbons (Fsp3) is 0.333. The number of amides is 2. The topological polar surface area (TPSA) is 43.9 Å². The average Bonchev–Trinajstić information content (AvgIpc) is 2.92. The molecule has 1 aliphatic rings. The van der Waals surface area contributed by atoms with Crippen molar-refractivity contribution in [3.8, 4) is 0 Å². The molecule has 1 aliphatic heterocycles. The third kappa shape index (κ3) is 5.71. The number of para-hydroxylation sites is 1. The molecule has 0 saturated heterocycles. The Morgan fingerprint density at radius 3 is 2.22 bits per heavy atom. The molecule has 37 heavy (non-hydrogen) atoms. The predicted octanol–water partition coefficient (Wildman–Crippen LogP) is 6.72. The van der Waals surface area contributed by atoms with Crippen LogP contribution in [0.3, 0.4) is 0 Å². The van der Waals surface area contributed by atoms with Crippen molar-refractivity contribution in [1.29, 1.82) is 0 Å². The van der Waals surface area contributed by atoms with E-state index in [0.29, 0.717) is 30.0 Å². The summed E-state index contributed by atoms with van der Waals surface area (Å²) in [4.78, 5) is 33.3. The van der Waals surface area contributed by atoms with Gasteiger partial charge in [-0.25, -0.2) is 4.39 Å². The van der Waals surface area contributed by atoms with Crippen molar-refractivity contribution >= 4 is 34.8 Å². The lowest BCUT2D eigenvalue weighted by Crippen LogP contribution is -2.53. The molecular weight excluding hydrogens is 489 g/mol. The summed E-state index contributed by atoms with van der Waals surface area (Å²) in [5.41, 5.74) is 2.88. The number of carbonyl (C=O) groups is 2. The Labute approximate surface area is 223 Å². The second kappa shape index (κ2) is 11.9. The Morgan fingerprint density at radius 2 is 1.59 bits per heavy atom. The molecular formula is C30H33ClFN3O2. The first kappa shape index (κ1) is 26.8. The van der Waals surface area contributed by atoms with Crippen LogP contribution < -0.4 is 9.80 Å². The summed E-state index contributed by atoms with van der Waals surface area (Å²) in [5, 5.41) is 0.604. The van der Waals surface area contributed by atoms with E-state index in [2.05, 4.69) is 18.7 Å². The van der Waals surface area contributed by atoms with Gasteiger partial charge in [-0.15, -0.1) is 0 Å². The van der Waals surface area contributed by atoms with Gasteiger partial charge in [-0.3, -0.25) is 9.59 Å². The molecule has 7 heteroatoms. The van der Waals surface area contributed by atoms with Crippen LogP contribution in [0.2, 0.25) is 5.02 Å². The van der Waals surface area contributed by atoms with Gasteiger partial charge in [-0.05, 0) is 79.7 Å². The fourth-order valence-electron chi connectivity index (χ4n) is 5.13. The molecule has 5 nitrogen and oxygen atoms in total. The largest absolute Gasteiger partial charge is 0.305 e. The lowest BCUT2D eigenvalue weighted by atomic mass is 9.88. The van der Waals surface area contributed by atoms with Crippen LogP contribution in [-0.4, -0.2) is 42.4 Å². The molecule has 0 fully saturated rings. The van der Waals surface area contributed by atoms with Gasteiger partial charge in [0.15, 0.2) is 0 Å². The number of carbonyl (C=O) groups excluding carboxylic acids is 2. The summed E-state index contributed by atoms with van der Waals surface area (Å²) >= 11 is 6.15. The minimum atomic E-state index is -0.382. The zero-order chi connectivity index (χ0) is 26.5. The number of hydrogen-bond donors (Lipinski definition) is 0. The van der Waals surface area contributed by atoms with Crippen LogP contribution >= 0.6 is 11.6 Å². The van der Waals surface area contributed by atoms with E-state index in [1.54, 1.807) is 12.1 Å². The van der Waals surface area contributed by atoms with Crippen LogP contribution in [0.5, 0.6) is 0 Å². The maximum Gasteiger partial charge on any atom is 0.258 e. The van der Waals surface area contributed by atoms with E-state index in [4.69, 9.17) is 11.6 Å². The molecule has 0 aliphatic carbocycles. The number of halogens is 2. The van der Waals surface area contributed by atoms with Crippen molar-refractivity contribution in [3.63, 3.8) is 0 Å². The quantitative estimate of drug-likeness (QED) is 0.330. The Hall–Kier alpha value is -3.22. The third-order valence-electron chi connectivity index (χ3n) is 7.08. The molecule has 2 amide bonds. The first-order valence-corrected chi connectivity index (χ1v) is 13.2. The van der Waals surface area contributed by atoms with Crippen LogP contribution in [-0.2, 0) is 4.79 Å². The van der Waals surface area contributed by atoms with E-state index in [1.165, 1.54) is 24.3 Å². The highest BCUT2D eigenvalue weighted by Crippen LogP contribution is 2.43. The van der Waals surface area contributed by atoms with Crippen LogP contribution in [0, 0.1) is 5.82 Å². The normalized spacial score (nSPS) is 17.0. The van der Waals surface area contributed by atoms with Crippen LogP contribution in [0.4, 0.5) is 15.8 Å². The average molecular weight is 522 g/mol.